The average Bonchev–Trinajstić information content (AvgIpc) is 2.36. The molecular formula is C14H21NO3. The van der Waals surface area contributed by atoms with Gasteiger partial charge in [-0.25, -0.2) is 4.79 Å². The SMILES string of the molecule is COCc1ccc(C(NC(C)C)C(=O)OC)cc1. The summed E-state index contributed by atoms with van der Waals surface area (Å²) in [6, 6.07) is 7.53. The van der Waals surface area contributed by atoms with Crippen LogP contribution < -0.4 is 5.32 Å². The lowest BCUT2D eigenvalue weighted by Crippen LogP contribution is -2.34. The Hall–Kier alpha value is -1.39. The van der Waals surface area contributed by atoms with Gasteiger partial charge in [0, 0.05) is 13.2 Å². The summed E-state index contributed by atoms with van der Waals surface area (Å²) < 4.78 is 9.87. The van der Waals surface area contributed by atoms with Crippen LogP contribution >= 0.6 is 0 Å². The van der Waals surface area contributed by atoms with E-state index in [1.807, 2.05) is 38.1 Å². The molecule has 0 aromatic heterocycles. The van der Waals surface area contributed by atoms with Gasteiger partial charge in [-0.2, -0.15) is 0 Å². The number of rotatable bonds is 6. The van der Waals surface area contributed by atoms with Crippen LogP contribution in [0.25, 0.3) is 0 Å². The van der Waals surface area contributed by atoms with Crippen LogP contribution in [0.2, 0.25) is 0 Å². The molecule has 0 bridgehead atoms. The minimum atomic E-state index is -0.424. The highest BCUT2D eigenvalue weighted by atomic mass is 16.5. The highest BCUT2D eigenvalue weighted by Gasteiger charge is 2.21. The van der Waals surface area contributed by atoms with E-state index < -0.39 is 6.04 Å². The number of carbonyl (C=O) groups is 1. The number of ether oxygens (including phenoxy) is 2. The molecular weight excluding hydrogens is 230 g/mol. The Labute approximate surface area is 108 Å². The van der Waals surface area contributed by atoms with Gasteiger partial charge in [0.05, 0.1) is 13.7 Å². The molecule has 0 aliphatic heterocycles. The number of esters is 1. The Morgan fingerprint density at radius 1 is 1.22 bits per heavy atom. The first kappa shape index (κ1) is 14.7. The Morgan fingerprint density at radius 2 is 1.83 bits per heavy atom. The molecule has 1 aromatic rings. The van der Waals surface area contributed by atoms with Crippen LogP contribution in [0.15, 0.2) is 24.3 Å². The lowest BCUT2D eigenvalue weighted by Gasteiger charge is -2.19. The highest BCUT2D eigenvalue weighted by Crippen LogP contribution is 2.16. The lowest BCUT2D eigenvalue weighted by atomic mass is 10.0. The van der Waals surface area contributed by atoms with Crippen molar-refractivity contribution in [3.8, 4) is 0 Å². The van der Waals surface area contributed by atoms with Crippen molar-refractivity contribution in [1.29, 1.82) is 0 Å². The van der Waals surface area contributed by atoms with E-state index in [2.05, 4.69) is 5.32 Å². The van der Waals surface area contributed by atoms with Crippen LogP contribution in [0, 0.1) is 0 Å². The molecule has 1 unspecified atom stereocenters. The van der Waals surface area contributed by atoms with Gasteiger partial charge in [0.15, 0.2) is 0 Å². The van der Waals surface area contributed by atoms with Gasteiger partial charge in [-0.3, -0.25) is 5.32 Å². The Kier molecular flexibility index (Phi) is 5.82. The number of benzene rings is 1. The van der Waals surface area contributed by atoms with Crippen molar-refractivity contribution in [2.45, 2.75) is 32.5 Å². The maximum Gasteiger partial charge on any atom is 0.327 e. The van der Waals surface area contributed by atoms with E-state index in [1.165, 1.54) is 7.11 Å². The summed E-state index contributed by atoms with van der Waals surface area (Å²) in [5, 5.41) is 3.19. The zero-order valence-electron chi connectivity index (χ0n) is 11.4. The van der Waals surface area contributed by atoms with Crippen molar-refractivity contribution < 1.29 is 14.3 Å². The topological polar surface area (TPSA) is 47.6 Å². The second-order valence-electron chi connectivity index (χ2n) is 4.45. The quantitative estimate of drug-likeness (QED) is 0.786. The van der Waals surface area contributed by atoms with Crippen LogP contribution in [0.1, 0.15) is 31.0 Å². The van der Waals surface area contributed by atoms with Crippen LogP contribution in [0.5, 0.6) is 0 Å². The average molecular weight is 251 g/mol. The number of carbonyl (C=O) groups excluding carboxylic acids is 1. The Morgan fingerprint density at radius 3 is 2.28 bits per heavy atom. The van der Waals surface area contributed by atoms with Gasteiger partial charge in [0.25, 0.3) is 0 Å². The first-order valence-corrected chi connectivity index (χ1v) is 6.00. The fourth-order valence-corrected chi connectivity index (χ4v) is 1.72. The third-order valence-electron chi connectivity index (χ3n) is 2.56. The Bertz CT molecular complexity index is 373. The molecule has 0 amide bonds. The third-order valence-corrected chi connectivity index (χ3v) is 2.56. The molecule has 100 valence electrons. The van der Waals surface area contributed by atoms with Gasteiger partial charge in [-0.15, -0.1) is 0 Å². The predicted octanol–water partition coefficient (Wildman–Crippen LogP) is 2.05. The summed E-state index contributed by atoms with van der Waals surface area (Å²) in [6.07, 6.45) is 0. The molecule has 0 fully saturated rings. The molecule has 1 aromatic carbocycles. The highest BCUT2D eigenvalue weighted by molar-refractivity contribution is 5.77. The van der Waals surface area contributed by atoms with E-state index in [0.717, 1.165) is 11.1 Å². The van der Waals surface area contributed by atoms with Crippen molar-refractivity contribution in [2.75, 3.05) is 14.2 Å². The van der Waals surface area contributed by atoms with Crippen molar-refractivity contribution in [3.63, 3.8) is 0 Å². The van der Waals surface area contributed by atoms with E-state index in [-0.39, 0.29) is 12.0 Å². The van der Waals surface area contributed by atoms with E-state index in [1.54, 1.807) is 7.11 Å². The molecule has 1 atom stereocenters. The zero-order valence-corrected chi connectivity index (χ0v) is 11.4. The summed E-state index contributed by atoms with van der Waals surface area (Å²) in [5.74, 6) is -0.275. The molecule has 1 N–H and O–H groups in total. The van der Waals surface area contributed by atoms with Crippen LogP contribution in [0.4, 0.5) is 0 Å². The first-order chi connectivity index (χ1) is 8.58. The second-order valence-corrected chi connectivity index (χ2v) is 4.45. The molecule has 0 saturated carbocycles. The summed E-state index contributed by atoms with van der Waals surface area (Å²) in [4.78, 5) is 11.7. The summed E-state index contributed by atoms with van der Waals surface area (Å²) in [6.45, 7) is 4.56. The van der Waals surface area contributed by atoms with E-state index in [9.17, 15) is 4.79 Å². The molecule has 4 heteroatoms. The van der Waals surface area contributed by atoms with Gasteiger partial charge in [-0.1, -0.05) is 24.3 Å². The van der Waals surface area contributed by atoms with Crippen molar-refractivity contribution in [3.05, 3.63) is 35.4 Å². The van der Waals surface area contributed by atoms with Crippen molar-refractivity contribution in [2.24, 2.45) is 0 Å². The van der Waals surface area contributed by atoms with Crippen molar-refractivity contribution >= 4 is 5.97 Å². The number of hydrogen-bond acceptors (Lipinski definition) is 4. The molecule has 18 heavy (non-hydrogen) atoms. The smallest absolute Gasteiger partial charge is 0.327 e. The van der Waals surface area contributed by atoms with Gasteiger partial charge >= 0.3 is 5.97 Å². The van der Waals surface area contributed by atoms with E-state index in [4.69, 9.17) is 9.47 Å². The maximum absolute atomic E-state index is 11.7. The minimum Gasteiger partial charge on any atom is -0.468 e. The molecule has 0 radical (unpaired) electrons. The summed E-state index contributed by atoms with van der Waals surface area (Å²) >= 11 is 0. The van der Waals surface area contributed by atoms with Gasteiger partial charge < -0.3 is 9.47 Å². The fraction of sp³-hybridized carbons (Fsp3) is 0.500. The molecule has 1 rings (SSSR count). The molecule has 0 heterocycles. The van der Waals surface area contributed by atoms with Crippen LogP contribution in [-0.4, -0.2) is 26.2 Å². The van der Waals surface area contributed by atoms with Crippen LogP contribution in [-0.2, 0) is 20.9 Å². The first-order valence-electron chi connectivity index (χ1n) is 6.00. The number of methoxy groups -OCH3 is 2. The zero-order chi connectivity index (χ0) is 13.5. The van der Waals surface area contributed by atoms with Crippen LogP contribution in [0.3, 0.4) is 0 Å². The second kappa shape index (κ2) is 7.13. The lowest BCUT2D eigenvalue weighted by molar-refractivity contribution is -0.143. The normalized spacial score (nSPS) is 12.5. The predicted molar refractivity (Wildman–Crippen MR) is 70.2 cm³/mol. The molecule has 0 aliphatic carbocycles. The van der Waals surface area contributed by atoms with E-state index >= 15 is 0 Å². The Balaban J connectivity index is 2.87. The molecule has 0 saturated heterocycles. The summed E-state index contributed by atoms with van der Waals surface area (Å²) in [7, 11) is 3.06. The third kappa shape index (κ3) is 4.13. The largest absolute Gasteiger partial charge is 0.468 e. The standard InChI is InChI=1S/C14H21NO3/c1-10(2)15-13(14(16)18-4)12-7-5-11(6-8-12)9-17-3/h5-8,10,13,15H,9H2,1-4H3. The maximum atomic E-state index is 11.7. The molecule has 4 nitrogen and oxygen atoms in total. The monoisotopic (exact) mass is 251 g/mol. The van der Waals surface area contributed by atoms with Crippen molar-refractivity contribution in [1.82, 2.24) is 5.32 Å². The fourth-order valence-electron chi connectivity index (χ4n) is 1.72. The molecule has 0 spiro atoms. The van der Waals surface area contributed by atoms with Gasteiger partial charge in [-0.05, 0) is 25.0 Å². The molecule has 0 aliphatic rings. The number of nitrogens with one attached hydrogen (secondary N) is 1. The number of hydrogen-bond donors (Lipinski definition) is 1. The van der Waals surface area contributed by atoms with E-state index in [0.29, 0.717) is 6.61 Å². The van der Waals surface area contributed by atoms with Gasteiger partial charge in [0.2, 0.25) is 0 Å². The summed E-state index contributed by atoms with van der Waals surface area (Å²) in [5.41, 5.74) is 1.98. The minimum absolute atomic E-state index is 0.202. The van der Waals surface area contributed by atoms with Gasteiger partial charge in [0.1, 0.15) is 6.04 Å².